The summed E-state index contributed by atoms with van der Waals surface area (Å²) in [5.41, 5.74) is 1.13. The van der Waals surface area contributed by atoms with Crippen molar-refractivity contribution in [2.24, 2.45) is 4.99 Å². The maximum Gasteiger partial charge on any atom is 0.191 e. The molecular formula is C19H33N3O2S. The fourth-order valence-corrected chi connectivity index (χ4v) is 3.19. The summed E-state index contributed by atoms with van der Waals surface area (Å²) in [6, 6.07) is 10.3. The van der Waals surface area contributed by atoms with Crippen LogP contribution in [0.25, 0.3) is 0 Å². The highest BCUT2D eigenvalue weighted by Crippen LogP contribution is 2.23. The van der Waals surface area contributed by atoms with E-state index in [2.05, 4.69) is 41.6 Å². The molecule has 1 aromatic rings. The summed E-state index contributed by atoms with van der Waals surface area (Å²) in [6.07, 6.45) is 0. The molecule has 25 heavy (non-hydrogen) atoms. The van der Waals surface area contributed by atoms with Gasteiger partial charge in [-0.25, -0.2) is 8.42 Å². The molecule has 0 radical (unpaired) electrons. The van der Waals surface area contributed by atoms with Crippen molar-refractivity contribution >= 4 is 15.8 Å². The van der Waals surface area contributed by atoms with Gasteiger partial charge in [-0.1, -0.05) is 44.2 Å². The zero-order chi connectivity index (χ0) is 19.1. The normalized spacial score (nSPS) is 13.6. The van der Waals surface area contributed by atoms with E-state index in [1.54, 1.807) is 20.8 Å². The molecule has 0 saturated carbocycles. The Morgan fingerprint density at radius 3 is 2.16 bits per heavy atom. The van der Waals surface area contributed by atoms with Crippen LogP contribution in [0.5, 0.6) is 0 Å². The highest BCUT2D eigenvalue weighted by Gasteiger charge is 2.28. The van der Waals surface area contributed by atoms with E-state index in [9.17, 15) is 8.42 Å². The molecule has 6 heteroatoms. The minimum absolute atomic E-state index is 0.0863. The summed E-state index contributed by atoms with van der Waals surface area (Å²) in [6.45, 7) is 13.2. The number of hydrogen-bond donors (Lipinski definition) is 2. The average Bonchev–Trinajstić information content (AvgIpc) is 2.52. The highest BCUT2D eigenvalue weighted by molar-refractivity contribution is 7.92. The third kappa shape index (κ3) is 6.69. The van der Waals surface area contributed by atoms with Crippen LogP contribution in [0, 0.1) is 0 Å². The molecule has 1 rings (SSSR count). The summed E-state index contributed by atoms with van der Waals surface area (Å²) >= 11 is 0. The molecule has 0 bridgehead atoms. The van der Waals surface area contributed by atoms with Gasteiger partial charge in [0.2, 0.25) is 0 Å². The standard InChI is InChI=1S/C19H33N3O2S/c1-7-20-17(21-13-14-25(23,24)18(2,3)4)22-15-19(5,6)16-11-9-8-10-12-16/h8-12H,7,13-15H2,1-6H3,(H2,20,21,22). The molecule has 2 N–H and O–H groups in total. The van der Waals surface area contributed by atoms with Crippen LogP contribution < -0.4 is 10.6 Å². The Hall–Kier alpha value is -1.56. The topological polar surface area (TPSA) is 70.6 Å². The first-order valence-corrected chi connectivity index (χ1v) is 10.4. The monoisotopic (exact) mass is 367 g/mol. The van der Waals surface area contributed by atoms with Gasteiger partial charge in [0.15, 0.2) is 15.8 Å². The van der Waals surface area contributed by atoms with Crippen molar-refractivity contribution in [2.45, 2.75) is 51.7 Å². The molecular weight excluding hydrogens is 334 g/mol. The molecule has 0 aliphatic heterocycles. The van der Waals surface area contributed by atoms with Crippen LogP contribution in [0.3, 0.4) is 0 Å². The number of nitrogens with zero attached hydrogens (tertiary/aromatic N) is 1. The molecule has 0 unspecified atom stereocenters. The molecule has 0 fully saturated rings. The SMILES string of the molecule is CCNC(=NCC(C)(C)c1ccccc1)NCCS(=O)(=O)C(C)(C)C. The van der Waals surface area contributed by atoms with E-state index in [0.29, 0.717) is 19.0 Å². The Bertz CT molecular complexity index is 660. The maximum atomic E-state index is 12.2. The van der Waals surface area contributed by atoms with Crippen molar-refractivity contribution in [1.82, 2.24) is 10.6 Å². The fourth-order valence-electron chi connectivity index (χ4n) is 2.21. The third-order valence-corrected chi connectivity index (χ3v) is 6.74. The molecule has 0 spiro atoms. The van der Waals surface area contributed by atoms with E-state index in [1.807, 2.05) is 25.1 Å². The molecule has 142 valence electrons. The summed E-state index contributed by atoms with van der Waals surface area (Å²) in [5, 5.41) is 6.31. The number of benzene rings is 1. The summed E-state index contributed by atoms with van der Waals surface area (Å²) in [7, 11) is -3.14. The first-order valence-electron chi connectivity index (χ1n) is 8.79. The molecule has 5 nitrogen and oxygen atoms in total. The Morgan fingerprint density at radius 1 is 1.04 bits per heavy atom. The Balaban J connectivity index is 2.72. The molecule has 0 saturated heterocycles. The number of hydrogen-bond acceptors (Lipinski definition) is 3. The van der Waals surface area contributed by atoms with Crippen LogP contribution in [-0.2, 0) is 15.3 Å². The molecule has 0 aliphatic carbocycles. The molecule has 0 amide bonds. The van der Waals surface area contributed by atoms with Gasteiger partial charge in [0.05, 0.1) is 17.0 Å². The van der Waals surface area contributed by atoms with Crippen molar-refractivity contribution in [3.63, 3.8) is 0 Å². The van der Waals surface area contributed by atoms with E-state index < -0.39 is 14.6 Å². The van der Waals surface area contributed by atoms with Gasteiger partial charge < -0.3 is 10.6 Å². The number of aliphatic imine (C=N–C) groups is 1. The Labute approximate surface area is 153 Å². The van der Waals surface area contributed by atoms with Crippen molar-refractivity contribution < 1.29 is 8.42 Å². The lowest BCUT2D eigenvalue weighted by atomic mass is 9.85. The number of guanidine groups is 1. The molecule has 0 heterocycles. The van der Waals surface area contributed by atoms with Gasteiger partial charge in [-0.2, -0.15) is 0 Å². The van der Waals surface area contributed by atoms with Gasteiger partial charge >= 0.3 is 0 Å². The second-order valence-electron chi connectivity index (χ2n) is 7.80. The largest absolute Gasteiger partial charge is 0.357 e. The highest BCUT2D eigenvalue weighted by atomic mass is 32.2. The summed E-state index contributed by atoms with van der Waals surface area (Å²) < 4.78 is 23.6. The van der Waals surface area contributed by atoms with Crippen LogP contribution >= 0.6 is 0 Å². The van der Waals surface area contributed by atoms with Crippen molar-refractivity contribution in [3.8, 4) is 0 Å². The molecule has 0 aromatic heterocycles. The van der Waals surface area contributed by atoms with E-state index in [4.69, 9.17) is 0 Å². The number of rotatable bonds is 7. The van der Waals surface area contributed by atoms with Crippen molar-refractivity contribution in [1.29, 1.82) is 0 Å². The Morgan fingerprint density at radius 2 is 1.64 bits per heavy atom. The second kappa shape index (κ2) is 8.70. The second-order valence-corrected chi connectivity index (χ2v) is 10.7. The first-order chi connectivity index (χ1) is 11.5. The van der Waals surface area contributed by atoms with Crippen LogP contribution in [0.15, 0.2) is 35.3 Å². The van der Waals surface area contributed by atoms with E-state index >= 15 is 0 Å². The molecule has 1 aromatic carbocycles. The van der Waals surface area contributed by atoms with Crippen LogP contribution in [0.4, 0.5) is 0 Å². The van der Waals surface area contributed by atoms with Crippen LogP contribution in [-0.4, -0.2) is 44.5 Å². The maximum absolute atomic E-state index is 12.2. The van der Waals surface area contributed by atoms with Gasteiger partial charge in [0.25, 0.3) is 0 Å². The molecule has 0 atom stereocenters. The van der Waals surface area contributed by atoms with Crippen LogP contribution in [0.2, 0.25) is 0 Å². The van der Waals surface area contributed by atoms with Gasteiger partial charge in [-0.15, -0.1) is 0 Å². The van der Waals surface area contributed by atoms with Crippen LogP contribution in [0.1, 0.15) is 47.1 Å². The lowest BCUT2D eigenvalue weighted by Crippen LogP contribution is -2.42. The van der Waals surface area contributed by atoms with Gasteiger partial charge in [0.1, 0.15) is 0 Å². The minimum atomic E-state index is -3.14. The van der Waals surface area contributed by atoms with E-state index in [-0.39, 0.29) is 11.2 Å². The predicted molar refractivity (Wildman–Crippen MR) is 107 cm³/mol. The smallest absolute Gasteiger partial charge is 0.191 e. The summed E-state index contributed by atoms with van der Waals surface area (Å²) in [5.74, 6) is 0.735. The number of sulfone groups is 1. The zero-order valence-electron chi connectivity index (χ0n) is 16.4. The lowest BCUT2D eigenvalue weighted by Gasteiger charge is -2.24. The van der Waals surface area contributed by atoms with Gasteiger partial charge in [-0.3, -0.25) is 4.99 Å². The summed E-state index contributed by atoms with van der Waals surface area (Å²) in [4.78, 5) is 4.64. The molecule has 0 aliphatic rings. The fraction of sp³-hybridized carbons (Fsp3) is 0.632. The average molecular weight is 368 g/mol. The van der Waals surface area contributed by atoms with Gasteiger partial charge in [0, 0.05) is 18.5 Å². The van der Waals surface area contributed by atoms with E-state index in [1.165, 1.54) is 5.56 Å². The zero-order valence-corrected chi connectivity index (χ0v) is 17.2. The van der Waals surface area contributed by atoms with Crippen molar-refractivity contribution in [3.05, 3.63) is 35.9 Å². The third-order valence-electron chi connectivity index (χ3n) is 4.13. The predicted octanol–water partition coefficient (Wildman–Crippen LogP) is 2.73. The quantitative estimate of drug-likeness (QED) is 0.574. The Kier molecular flexibility index (Phi) is 7.47. The lowest BCUT2D eigenvalue weighted by molar-refractivity contribution is 0.537. The van der Waals surface area contributed by atoms with Gasteiger partial charge in [-0.05, 0) is 33.3 Å². The van der Waals surface area contributed by atoms with E-state index in [0.717, 1.165) is 6.54 Å². The number of nitrogens with one attached hydrogen (secondary N) is 2. The minimum Gasteiger partial charge on any atom is -0.357 e. The van der Waals surface area contributed by atoms with Crippen molar-refractivity contribution in [2.75, 3.05) is 25.4 Å². The first kappa shape index (κ1) is 21.5.